The average Bonchev–Trinajstić information content (AvgIpc) is 1.19. The molecule has 10 aromatic rings. The zero-order chi connectivity index (χ0) is 97.5. The zero-order valence-corrected chi connectivity index (χ0v) is 65.6. The summed E-state index contributed by atoms with van der Waals surface area (Å²) in [5.41, 5.74) is -20.7. The summed E-state index contributed by atoms with van der Waals surface area (Å²) in [6.45, 7) is -3.26. The number of carbonyl (C=O) groups excluding carboxylic acids is 10. The van der Waals surface area contributed by atoms with Crippen LogP contribution in [0, 0.1) is 0 Å². The zero-order valence-electron chi connectivity index (χ0n) is 65.6. The highest BCUT2D eigenvalue weighted by atomic mass is 16.8. The van der Waals surface area contributed by atoms with Crippen molar-refractivity contribution in [2.75, 3.05) is 13.2 Å². The average molecular weight is 1870 g/mol. The van der Waals surface area contributed by atoms with E-state index in [0.29, 0.717) is 48.5 Å². The Kier molecular flexibility index (Phi) is 22.0. The van der Waals surface area contributed by atoms with Crippen molar-refractivity contribution in [2.45, 2.75) is 61.4 Å². The fourth-order valence-electron chi connectivity index (χ4n) is 14.5. The van der Waals surface area contributed by atoms with Crippen molar-refractivity contribution < 1.29 is 258 Å². The van der Waals surface area contributed by atoms with Gasteiger partial charge in [-0.3, -0.25) is 0 Å². The fourth-order valence-corrected chi connectivity index (χ4v) is 14.5. The number of ether oxygens (including phenoxy) is 13. The largest absolute Gasteiger partial charge is 0.504 e. The quantitative estimate of drug-likeness (QED) is 0.0527. The van der Waals surface area contributed by atoms with E-state index in [2.05, 4.69) is 0 Å². The second kappa shape index (κ2) is 32.9. The van der Waals surface area contributed by atoms with Crippen LogP contribution in [-0.2, 0) is 56.8 Å². The van der Waals surface area contributed by atoms with E-state index in [1.807, 2.05) is 0 Å². The number of cyclic esters (lactones) is 2. The van der Waals surface area contributed by atoms with Gasteiger partial charge in [0, 0.05) is 45.5 Å². The number of benzene rings is 10. The summed E-state index contributed by atoms with van der Waals surface area (Å²) in [6.07, 6.45) is -28.4. The van der Waals surface area contributed by atoms with Crippen molar-refractivity contribution in [1.29, 1.82) is 0 Å². The molecular weight excluding hydrogens is 1820 g/mol. The van der Waals surface area contributed by atoms with Crippen LogP contribution in [0.4, 0.5) is 0 Å². The van der Waals surface area contributed by atoms with Gasteiger partial charge in [0.05, 0.1) is 50.1 Å². The highest BCUT2D eigenvalue weighted by Gasteiger charge is 2.59. The molecule has 696 valence electrons. The van der Waals surface area contributed by atoms with Crippen LogP contribution >= 0.6 is 0 Å². The van der Waals surface area contributed by atoms with Crippen molar-refractivity contribution >= 4 is 59.7 Å². The molecule has 0 spiro atoms. The molecule has 15 rings (SSSR count). The van der Waals surface area contributed by atoms with Gasteiger partial charge >= 0.3 is 59.7 Å². The molecule has 0 amide bonds. The van der Waals surface area contributed by atoms with Gasteiger partial charge in [-0.15, -0.1) is 0 Å². The Morgan fingerprint density at radius 3 is 0.888 bits per heavy atom. The third kappa shape index (κ3) is 15.0. The van der Waals surface area contributed by atoms with Crippen LogP contribution in [0.5, 0.6) is 178 Å². The molecule has 0 bridgehead atoms. The summed E-state index contributed by atoms with van der Waals surface area (Å²) in [4.78, 5) is 149. The van der Waals surface area contributed by atoms with Crippen molar-refractivity contribution in [3.63, 3.8) is 0 Å². The molecule has 5 aliphatic heterocycles. The molecule has 0 aromatic heterocycles. The number of hydrogen-bond acceptors (Lipinski definition) is 52. The highest BCUT2D eigenvalue weighted by molar-refractivity contribution is 6.12. The maximum Gasteiger partial charge on any atom is 0.344 e. The van der Waals surface area contributed by atoms with Gasteiger partial charge in [-0.1, -0.05) is 0 Å². The van der Waals surface area contributed by atoms with Crippen molar-refractivity contribution in [3.8, 4) is 212 Å². The Labute approximate surface area is 735 Å². The summed E-state index contributed by atoms with van der Waals surface area (Å²) in [7, 11) is 0. The van der Waals surface area contributed by atoms with Gasteiger partial charge in [0.1, 0.15) is 31.0 Å². The van der Waals surface area contributed by atoms with E-state index < -0.39 is 402 Å². The first-order valence-corrected chi connectivity index (χ1v) is 37.1. The Balaban J connectivity index is 0.858. The monoisotopic (exact) mass is 1870 g/mol. The van der Waals surface area contributed by atoms with Gasteiger partial charge in [-0.25, -0.2) is 47.9 Å². The molecule has 0 unspecified atom stereocenters. The fraction of sp³-hybridized carbons (Fsp3) is 0.146. The minimum absolute atomic E-state index is 0.0771. The lowest BCUT2D eigenvalue weighted by atomic mass is 9.91. The minimum Gasteiger partial charge on any atom is -0.504 e. The summed E-state index contributed by atoms with van der Waals surface area (Å²) in [5, 5.41) is 319. The molecule has 10 atom stereocenters. The molecule has 0 saturated carbocycles. The van der Waals surface area contributed by atoms with Crippen LogP contribution < -0.4 is 4.74 Å². The number of esters is 10. The molecular formula is C82H56O52. The van der Waals surface area contributed by atoms with Crippen LogP contribution in [0.25, 0.3) is 33.4 Å². The molecule has 2 fully saturated rings. The number of phenols is 29. The lowest BCUT2D eigenvalue weighted by Crippen LogP contribution is -2.63. The van der Waals surface area contributed by atoms with Crippen LogP contribution in [-0.4, -0.2) is 282 Å². The molecule has 2 saturated heterocycles. The number of fused-ring (bicyclic) bond motifs is 13. The van der Waals surface area contributed by atoms with Gasteiger partial charge in [0.25, 0.3) is 0 Å². The maximum atomic E-state index is 15.5. The van der Waals surface area contributed by atoms with Crippen molar-refractivity contribution in [2.24, 2.45) is 0 Å². The predicted molar refractivity (Wildman–Crippen MR) is 414 cm³/mol. The van der Waals surface area contributed by atoms with Gasteiger partial charge in [-0.05, 0) is 66.7 Å². The topological polar surface area (TPSA) is 877 Å². The van der Waals surface area contributed by atoms with Crippen LogP contribution in [0.1, 0.15) is 104 Å². The lowest BCUT2D eigenvalue weighted by molar-refractivity contribution is -0.282. The molecule has 5 aliphatic rings. The molecule has 29 N–H and O–H groups in total. The van der Waals surface area contributed by atoms with Gasteiger partial charge in [-0.2, -0.15) is 0 Å². The third-order valence-electron chi connectivity index (χ3n) is 21.0. The summed E-state index contributed by atoms with van der Waals surface area (Å²) in [6, 6.07) is 3.90. The molecule has 5 heterocycles. The molecule has 52 nitrogen and oxygen atoms in total. The van der Waals surface area contributed by atoms with Crippen LogP contribution in [0.2, 0.25) is 0 Å². The van der Waals surface area contributed by atoms with Gasteiger partial charge in [0.15, 0.2) is 157 Å². The van der Waals surface area contributed by atoms with Crippen molar-refractivity contribution in [1.82, 2.24) is 0 Å². The Morgan fingerprint density at radius 2 is 0.515 bits per heavy atom. The first kappa shape index (κ1) is 89.6. The summed E-state index contributed by atoms with van der Waals surface area (Å²) < 4.78 is 74.5. The number of rotatable bonds is 10. The molecule has 0 radical (unpaired) electrons. The van der Waals surface area contributed by atoms with Crippen molar-refractivity contribution in [3.05, 3.63) is 134 Å². The Bertz CT molecular complexity index is 6800. The molecule has 10 aromatic carbocycles. The van der Waals surface area contributed by atoms with E-state index in [1.165, 1.54) is 0 Å². The Hall–Kier alpha value is -19.2. The van der Waals surface area contributed by atoms with E-state index in [9.17, 15) is 172 Å². The standard InChI is InChI=1S/C82H56O52/c83-26-1-16(2-27(84)47(26)95)71(112)129-67-65-39(14-122-74(115)19-7-32(89)50(98)57(105)41(19)42-20(76(117)127-65)8-33(90)51(99)58(42)106)126-82(69(67)131-72(113)17-3-28(85)48(96)29(86)4-17)134-80(121)25-12-37(94)55(103)63(111)64(25)124-38-13-24-46(62(110)56(38)104)45-21(9-34(91)54(102)61(45)109)77(118)128-66-40(15-123-75(24)116)125-81(133-73(114)18-5-30(87)49(97)31(88)6-18)70-68(66)130-78(119)22-10-35(92)52(100)59(107)43(22)44-23(79(120)132-70)11-36(93)53(101)60(44)108/h1-13,39-40,65-70,81-111H,14-15H2/t39-,40-,65-,66-,67-,68-,69-,70-,81-,82-/m1/s1. The summed E-state index contributed by atoms with van der Waals surface area (Å²) in [5.74, 6) is -67.6. The molecule has 52 heteroatoms. The van der Waals surface area contributed by atoms with Crippen LogP contribution in [0.15, 0.2) is 78.9 Å². The number of phenolic OH excluding ortho intramolecular Hbond substituents is 29. The van der Waals surface area contributed by atoms with E-state index >= 15 is 24.0 Å². The number of aromatic hydroxyl groups is 29. The van der Waals surface area contributed by atoms with Gasteiger partial charge < -0.3 is 210 Å². The molecule has 0 aliphatic carbocycles. The first-order valence-electron chi connectivity index (χ1n) is 37.1. The maximum absolute atomic E-state index is 15.5. The normalized spacial score (nSPS) is 19.6. The third-order valence-corrected chi connectivity index (χ3v) is 21.0. The SMILES string of the molecule is O=C(O[C@H]1O[C@@H]2COC(=O)c3cc(Oc4c(C(=O)O[C@H]5O[C@@H]6COC(=O)c7cc(O)c(O)c(O)c7-c7c(cc(O)c(O)c7O)C(=O)O[C@H]6[C@@H](OC(=O)c6cc(O)c(O)c(O)c6)[C@H]5OC(=O)c5cc(O)c(O)c(O)c5)cc(O)c(O)c4O)c(O)c(O)c3-c3c(cc(O)c(O)c3O)C(=O)O[C@H]2[C@H]2OC(=O)c3cc(O)c(O)c(O)c3-c3c(cc(O)c(O)c3O)C(=O)O[C@@H]12)c1cc(O)c(O)c(O)c1. The van der Waals surface area contributed by atoms with E-state index in [-0.39, 0.29) is 30.3 Å². The second-order valence-corrected chi connectivity index (χ2v) is 29.0. The number of carbonyl (C=O) groups is 10. The minimum atomic E-state index is -3.13. The van der Waals surface area contributed by atoms with E-state index in [1.54, 1.807) is 0 Å². The molecule has 134 heavy (non-hydrogen) atoms. The number of hydrogen-bond donors (Lipinski definition) is 29. The predicted octanol–water partition coefficient (Wildman–Crippen LogP) is 3.71. The van der Waals surface area contributed by atoms with Crippen LogP contribution in [0.3, 0.4) is 0 Å². The lowest BCUT2D eigenvalue weighted by Gasteiger charge is -2.44. The van der Waals surface area contributed by atoms with Gasteiger partial charge in [0.2, 0.25) is 70.8 Å². The van der Waals surface area contributed by atoms with E-state index in [4.69, 9.17) is 61.6 Å². The Morgan fingerprint density at radius 1 is 0.246 bits per heavy atom. The van der Waals surface area contributed by atoms with E-state index in [0.717, 1.165) is 0 Å². The second-order valence-electron chi connectivity index (χ2n) is 29.0. The first-order chi connectivity index (χ1) is 63.1. The highest BCUT2D eigenvalue weighted by Crippen LogP contribution is 2.60. The summed E-state index contributed by atoms with van der Waals surface area (Å²) >= 11 is 0. The smallest absolute Gasteiger partial charge is 0.344 e.